The molecule has 2 heterocycles. The molecule has 0 atom stereocenters. The van der Waals surface area contributed by atoms with E-state index < -0.39 is 0 Å². The van der Waals surface area contributed by atoms with E-state index >= 15 is 0 Å². The van der Waals surface area contributed by atoms with Gasteiger partial charge in [-0.3, -0.25) is 9.69 Å². The number of aromatic nitrogens is 3. The number of benzene rings is 1. The van der Waals surface area contributed by atoms with Gasteiger partial charge in [-0.2, -0.15) is 0 Å². The van der Waals surface area contributed by atoms with Gasteiger partial charge in [-0.25, -0.2) is 0 Å². The van der Waals surface area contributed by atoms with Crippen molar-refractivity contribution in [3.8, 4) is 11.6 Å². The molecule has 3 rings (SSSR count). The summed E-state index contributed by atoms with van der Waals surface area (Å²) >= 11 is 8.73. The first-order valence-electron chi connectivity index (χ1n) is 8.49. The summed E-state index contributed by atoms with van der Waals surface area (Å²) in [5.41, 5.74) is 3.34. The standard InChI is InChI=1S/C19H20BrN5O2S/c1-10-14(16(26)12-7-6-8-13(20)9-12)11(2)21-15(10)17-22-23-18(27-17)25(5)19(28)24(3)4/h6-9,21H,1-5H3. The van der Waals surface area contributed by atoms with Crippen LogP contribution >= 0.6 is 28.1 Å². The Hall–Kier alpha value is -2.52. The normalized spacial score (nSPS) is 10.8. The van der Waals surface area contributed by atoms with E-state index in [2.05, 4.69) is 31.1 Å². The molecule has 2 aromatic heterocycles. The van der Waals surface area contributed by atoms with Crippen molar-refractivity contribution in [3.05, 3.63) is 51.1 Å². The molecular formula is C19H20BrN5O2S. The summed E-state index contributed by atoms with van der Waals surface area (Å²) in [6.45, 7) is 3.72. The van der Waals surface area contributed by atoms with Gasteiger partial charge in [0.15, 0.2) is 10.9 Å². The van der Waals surface area contributed by atoms with E-state index in [9.17, 15) is 4.79 Å². The number of carbonyl (C=O) groups excluding carboxylic acids is 1. The van der Waals surface area contributed by atoms with Crippen LogP contribution in [-0.4, -0.2) is 52.1 Å². The third-order valence-corrected chi connectivity index (χ3v) is 5.47. The lowest BCUT2D eigenvalue weighted by Gasteiger charge is -2.21. The number of nitrogens with zero attached hydrogens (tertiary/aromatic N) is 4. The lowest BCUT2D eigenvalue weighted by Crippen LogP contribution is -2.36. The highest BCUT2D eigenvalue weighted by molar-refractivity contribution is 9.10. The van der Waals surface area contributed by atoms with Crippen LogP contribution in [-0.2, 0) is 0 Å². The van der Waals surface area contributed by atoms with Crippen molar-refractivity contribution in [1.82, 2.24) is 20.1 Å². The Morgan fingerprint density at radius 1 is 1.21 bits per heavy atom. The maximum Gasteiger partial charge on any atom is 0.324 e. The molecule has 0 saturated carbocycles. The largest absolute Gasteiger partial charge is 0.401 e. The van der Waals surface area contributed by atoms with Gasteiger partial charge in [-0.1, -0.05) is 33.2 Å². The number of aryl methyl sites for hydroxylation is 1. The van der Waals surface area contributed by atoms with Crippen LogP contribution in [0.3, 0.4) is 0 Å². The first kappa shape index (κ1) is 20.2. The number of hydrogen-bond acceptors (Lipinski definition) is 5. The number of H-pyrrole nitrogens is 1. The fraction of sp³-hybridized carbons (Fsp3) is 0.263. The first-order chi connectivity index (χ1) is 13.2. The van der Waals surface area contributed by atoms with Gasteiger partial charge in [0.05, 0.1) is 0 Å². The zero-order valence-corrected chi connectivity index (χ0v) is 18.6. The fourth-order valence-electron chi connectivity index (χ4n) is 2.91. The second kappa shape index (κ2) is 7.84. The summed E-state index contributed by atoms with van der Waals surface area (Å²) in [6.07, 6.45) is 0. The number of anilines is 1. The topological polar surface area (TPSA) is 78.3 Å². The number of aromatic amines is 1. The Morgan fingerprint density at radius 3 is 2.57 bits per heavy atom. The van der Waals surface area contributed by atoms with Crippen LogP contribution in [0.4, 0.5) is 6.01 Å². The summed E-state index contributed by atoms with van der Waals surface area (Å²) in [4.78, 5) is 19.6. The Labute approximate surface area is 176 Å². The van der Waals surface area contributed by atoms with E-state index in [0.29, 0.717) is 27.8 Å². The molecule has 0 amide bonds. The molecule has 0 spiro atoms. The molecule has 0 bridgehead atoms. The van der Waals surface area contributed by atoms with E-state index in [1.165, 1.54) is 0 Å². The van der Waals surface area contributed by atoms with E-state index in [4.69, 9.17) is 16.6 Å². The molecule has 0 aliphatic heterocycles. The van der Waals surface area contributed by atoms with Crippen LogP contribution in [0.1, 0.15) is 27.2 Å². The van der Waals surface area contributed by atoms with Gasteiger partial charge in [0.2, 0.25) is 0 Å². The predicted molar refractivity (Wildman–Crippen MR) is 116 cm³/mol. The molecule has 0 saturated heterocycles. The number of hydrogen-bond donors (Lipinski definition) is 1. The predicted octanol–water partition coefficient (Wildman–Crippen LogP) is 3.96. The molecule has 9 heteroatoms. The molecule has 28 heavy (non-hydrogen) atoms. The molecule has 3 aromatic rings. The summed E-state index contributed by atoms with van der Waals surface area (Å²) in [7, 11) is 5.44. The lowest BCUT2D eigenvalue weighted by atomic mass is 10.00. The molecule has 0 aliphatic rings. The van der Waals surface area contributed by atoms with E-state index in [-0.39, 0.29) is 11.8 Å². The Kier molecular flexibility index (Phi) is 5.66. The van der Waals surface area contributed by atoms with Crippen molar-refractivity contribution in [3.63, 3.8) is 0 Å². The van der Waals surface area contributed by atoms with Crippen LogP contribution < -0.4 is 4.90 Å². The minimum absolute atomic E-state index is 0.0653. The SMILES string of the molecule is Cc1[nH]c(-c2nnc(N(C)C(=S)N(C)C)o2)c(C)c1C(=O)c1cccc(Br)c1. The molecule has 146 valence electrons. The number of carbonyl (C=O) groups is 1. The van der Waals surface area contributed by atoms with Gasteiger partial charge in [-0.05, 0) is 43.8 Å². The number of nitrogens with one attached hydrogen (secondary N) is 1. The zero-order chi connectivity index (χ0) is 20.6. The molecule has 7 nitrogen and oxygen atoms in total. The van der Waals surface area contributed by atoms with Crippen molar-refractivity contribution < 1.29 is 9.21 Å². The van der Waals surface area contributed by atoms with Crippen molar-refractivity contribution in [2.24, 2.45) is 0 Å². The maximum atomic E-state index is 13.0. The van der Waals surface area contributed by atoms with Crippen LogP contribution in [0.2, 0.25) is 0 Å². The van der Waals surface area contributed by atoms with Crippen molar-refractivity contribution >= 4 is 45.1 Å². The summed E-state index contributed by atoms with van der Waals surface area (Å²) in [6, 6.07) is 7.59. The average Bonchev–Trinajstić information content (AvgIpc) is 3.24. The number of halogens is 1. The molecule has 0 aliphatic carbocycles. The molecular weight excluding hydrogens is 442 g/mol. The average molecular weight is 462 g/mol. The Balaban J connectivity index is 1.97. The highest BCUT2D eigenvalue weighted by atomic mass is 79.9. The van der Waals surface area contributed by atoms with Crippen molar-refractivity contribution in [2.45, 2.75) is 13.8 Å². The lowest BCUT2D eigenvalue weighted by molar-refractivity contribution is 0.103. The van der Waals surface area contributed by atoms with Crippen LogP contribution in [0, 0.1) is 13.8 Å². The highest BCUT2D eigenvalue weighted by Gasteiger charge is 2.24. The van der Waals surface area contributed by atoms with Crippen molar-refractivity contribution in [2.75, 3.05) is 26.0 Å². The second-order valence-electron chi connectivity index (χ2n) is 6.59. The van der Waals surface area contributed by atoms with E-state index in [1.807, 2.05) is 40.1 Å². The van der Waals surface area contributed by atoms with E-state index in [0.717, 1.165) is 15.7 Å². The fourth-order valence-corrected chi connectivity index (χ4v) is 3.39. The smallest absolute Gasteiger partial charge is 0.324 e. The van der Waals surface area contributed by atoms with Gasteiger partial charge in [0, 0.05) is 42.4 Å². The Bertz CT molecular complexity index is 1060. The molecule has 1 N–H and O–H groups in total. The summed E-state index contributed by atoms with van der Waals surface area (Å²) in [5, 5.41) is 8.74. The molecule has 0 radical (unpaired) electrons. The molecule has 1 aromatic carbocycles. The number of rotatable bonds is 4. The molecule has 0 fully saturated rings. The minimum atomic E-state index is -0.0653. The van der Waals surface area contributed by atoms with Crippen LogP contribution in [0.15, 0.2) is 33.2 Å². The second-order valence-corrected chi connectivity index (χ2v) is 7.87. The number of ketones is 1. The van der Waals surface area contributed by atoms with Gasteiger partial charge < -0.3 is 14.3 Å². The third kappa shape index (κ3) is 3.72. The first-order valence-corrected chi connectivity index (χ1v) is 9.69. The minimum Gasteiger partial charge on any atom is -0.401 e. The summed E-state index contributed by atoms with van der Waals surface area (Å²) in [5.74, 6) is 0.238. The maximum absolute atomic E-state index is 13.0. The monoisotopic (exact) mass is 461 g/mol. The van der Waals surface area contributed by atoms with Gasteiger partial charge >= 0.3 is 6.01 Å². The van der Waals surface area contributed by atoms with Gasteiger partial charge in [0.1, 0.15) is 5.69 Å². The van der Waals surface area contributed by atoms with Crippen molar-refractivity contribution in [1.29, 1.82) is 0 Å². The third-order valence-electron chi connectivity index (χ3n) is 4.34. The van der Waals surface area contributed by atoms with Crippen LogP contribution in [0.5, 0.6) is 0 Å². The van der Waals surface area contributed by atoms with Crippen LogP contribution in [0.25, 0.3) is 11.6 Å². The Morgan fingerprint density at radius 2 is 1.93 bits per heavy atom. The van der Waals surface area contributed by atoms with Gasteiger partial charge in [0.25, 0.3) is 5.89 Å². The zero-order valence-electron chi connectivity index (χ0n) is 16.2. The highest BCUT2D eigenvalue weighted by Crippen LogP contribution is 2.30. The quantitative estimate of drug-likeness (QED) is 0.465. The van der Waals surface area contributed by atoms with E-state index in [1.54, 1.807) is 29.0 Å². The summed E-state index contributed by atoms with van der Waals surface area (Å²) < 4.78 is 6.65. The molecule has 0 unspecified atom stereocenters. The van der Waals surface area contributed by atoms with Gasteiger partial charge in [-0.15, -0.1) is 5.10 Å². The number of thiocarbonyl (C=S) groups is 1.